The van der Waals surface area contributed by atoms with Gasteiger partial charge in [0, 0.05) is 29.6 Å². The lowest BCUT2D eigenvalue weighted by molar-refractivity contribution is 0.258. The van der Waals surface area contributed by atoms with Gasteiger partial charge in [0.05, 0.1) is 5.69 Å². The number of nitrogens with two attached hydrogens (primary N) is 1. The molecule has 0 radical (unpaired) electrons. The minimum absolute atomic E-state index is 0.209. The summed E-state index contributed by atoms with van der Waals surface area (Å²) in [7, 11) is 4.35. The minimum Gasteiger partial charge on any atom is -0.369 e. The zero-order valence-corrected chi connectivity index (χ0v) is 14.4. The summed E-state index contributed by atoms with van der Waals surface area (Å²) in [5.74, 6) is 0. The van der Waals surface area contributed by atoms with Gasteiger partial charge in [-0.15, -0.1) is 0 Å². The Labute approximate surface area is 131 Å². The van der Waals surface area contributed by atoms with Crippen LogP contribution in [0.3, 0.4) is 0 Å². The molecule has 1 aromatic rings. The number of anilines is 1. The molecule has 1 aliphatic rings. The van der Waals surface area contributed by atoms with Crippen LogP contribution < -0.4 is 10.6 Å². The molecule has 20 heavy (non-hydrogen) atoms. The predicted octanol–water partition coefficient (Wildman–Crippen LogP) is 2.87. The van der Waals surface area contributed by atoms with Crippen molar-refractivity contribution in [1.29, 1.82) is 0 Å². The van der Waals surface area contributed by atoms with Crippen molar-refractivity contribution in [3.63, 3.8) is 0 Å². The molecule has 112 valence electrons. The van der Waals surface area contributed by atoms with E-state index in [9.17, 15) is 0 Å². The molecule has 4 heteroatoms. The van der Waals surface area contributed by atoms with Crippen LogP contribution in [-0.4, -0.2) is 44.2 Å². The van der Waals surface area contributed by atoms with Crippen molar-refractivity contribution in [3.8, 4) is 0 Å². The molecule has 2 unspecified atom stereocenters. The van der Waals surface area contributed by atoms with Crippen molar-refractivity contribution in [1.82, 2.24) is 4.90 Å². The summed E-state index contributed by atoms with van der Waals surface area (Å²) in [5, 5.41) is 0. The van der Waals surface area contributed by atoms with Gasteiger partial charge in [-0.3, -0.25) is 0 Å². The van der Waals surface area contributed by atoms with Crippen molar-refractivity contribution in [2.45, 2.75) is 38.3 Å². The molecule has 2 rings (SSSR count). The Morgan fingerprint density at radius 2 is 2.20 bits per heavy atom. The molecule has 0 spiro atoms. The van der Waals surface area contributed by atoms with Crippen LogP contribution in [0, 0.1) is 0 Å². The van der Waals surface area contributed by atoms with E-state index < -0.39 is 0 Å². The fourth-order valence-electron chi connectivity index (χ4n) is 2.90. The number of benzene rings is 1. The van der Waals surface area contributed by atoms with E-state index in [0.29, 0.717) is 6.04 Å². The average Bonchev–Trinajstić information content (AvgIpc) is 2.38. The Morgan fingerprint density at radius 3 is 2.80 bits per heavy atom. The second kappa shape index (κ2) is 6.92. The number of rotatable bonds is 4. The first-order valence-electron chi connectivity index (χ1n) is 7.42. The number of nitrogens with zero attached hydrogens (tertiary/aromatic N) is 2. The SMILES string of the molecule is CC(N)Cc1ccc(N2CCCC(N(C)C)C2)c(Br)c1. The fourth-order valence-corrected chi connectivity index (χ4v) is 3.58. The van der Waals surface area contributed by atoms with Crippen LogP contribution in [0.5, 0.6) is 0 Å². The molecule has 1 heterocycles. The highest BCUT2D eigenvalue weighted by atomic mass is 79.9. The van der Waals surface area contributed by atoms with Gasteiger partial charge >= 0.3 is 0 Å². The Balaban J connectivity index is 2.12. The van der Waals surface area contributed by atoms with E-state index in [-0.39, 0.29) is 6.04 Å². The highest BCUT2D eigenvalue weighted by molar-refractivity contribution is 9.10. The van der Waals surface area contributed by atoms with Crippen molar-refractivity contribution < 1.29 is 0 Å². The molecular formula is C16H26BrN3. The Bertz CT molecular complexity index is 445. The van der Waals surface area contributed by atoms with Gasteiger partial charge in [-0.05, 0) is 73.9 Å². The zero-order valence-electron chi connectivity index (χ0n) is 12.8. The monoisotopic (exact) mass is 339 g/mol. The van der Waals surface area contributed by atoms with Crippen molar-refractivity contribution >= 4 is 21.6 Å². The molecule has 0 bridgehead atoms. The van der Waals surface area contributed by atoms with Crippen molar-refractivity contribution in [3.05, 3.63) is 28.2 Å². The zero-order chi connectivity index (χ0) is 14.7. The summed E-state index contributed by atoms with van der Waals surface area (Å²) >= 11 is 3.73. The molecule has 0 amide bonds. The summed E-state index contributed by atoms with van der Waals surface area (Å²) in [6.45, 7) is 4.31. The molecule has 0 saturated carbocycles. The van der Waals surface area contributed by atoms with E-state index >= 15 is 0 Å². The van der Waals surface area contributed by atoms with E-state index in [4.69, 9.17) is 5.73 Å². The molecule has 1 aliphatic heterocycles. The maximum absolute atomic E-state index is 5.88. The average molecular weight is 340 g/mol. The summed E-state index contributed by atoms with van der Waals surface area (Å²) in [5.41, 5.74) is 8.49. The van der Waals surface area contributed by atoms with E-state index in [2.05, 4.69) is 58.0 Å². The first-order chi connectivity index (χ1) is 9.47. The van der Waals surface area contributed by atoms with Crippen LogP contribution in [0.4, 0.5) is 5.69 Å². The molecule has 2 atom stereocenters. The molecule has 0 aromatic heterocycles. The largest absolute Gasteiger partial charge is 0.369 e. The third kappa shape index (κ3) is 3.96. The predicted molar refractivity (Wildman–Crippen MR) is 90.4 cm³/mol. The second-order valence-electron chi connectivity index (χ2n) is 6.17. The van der Waals surface area contributed by atoms with Crippen molar-refractivity contribution in [2.75, 3.05) is 32.1 Å². The lowest BCUT2D eigenvalue weighted by atomic mass is 10.0. The first kappa shape index (κ1) is 15.8. The molecule has 2 N–H and O–H groups in total. The Kier molecular flexibility index (Phi) is 5.47. The van der Waals surface area contributed by atoms with Gasteiger partial charge in [-0.2, -0.15) is 0 Å². The van der Waals surface area contributed by atoms with Crippen LogP contribution in [0.25, 0.3) is 0 Å². The first-order valence-corrected chi connectivity index (χ1v) is 8.22. The Morgan fingerprint density at radius 1 is 1.45 bits per heavy atom. The van der Waals surface area contributed by atoms with Gasteiger partial charge in [-0.1, -0.05) is 6.07 Å². The molecular weight excluding hydrogens is 314 g/mol. The Hall–Kier alpha value is -0.580. The molecule has 3 nitrogen and oxygen atoms in total. The van der Waals surface area contributed by atoms with Gasteiger partial charge in [0.1, 0.15) is 0 Å². The van der Waals surface area contributed by atoms with Crippen LogP contribution in [0.15, 0.2) is 22.7 Å². The van der Waals surface area contributed by atoms with Crippen LogP contribution in [-0.2, 0) is 6.42 Å². The summed E-state index contributed by atoms with van der Waals surface area (Å²) < 4.78 is 1.19. The van der Waals surface area contributed by atoms with E-state index in [1.54, 1.807) is 0 Å². The molecule has 1 saturated heterocycles. The van der Waals surface area contributed by atoms with E-state index in [0.717, 1.165) is 19.5 Å². The lowest BCUT2D eigenvalue weighted by Crippen LogP contribution is -2.45. The van der Waals surface area contributed by atoms with Crippen LogP contribution in [0.1, 0.15) is 25.3 Å². The number of piperidine rings is 1. The number of hydrogen-bond donors (Lipinski definition) is 1. The van der Waals surface area contributed by atoms with Gasteiger partial charge in [0.15, 0.2) is 0 Å². The smallest absolute Gasteiger partial charge is 0.0511 e. The van der Waals surface area contributed by atoms with Crippen LogP contribution in [0.2, 0.25) is 0 Å². The number of hydrogen-bond acceptors (Lipinski definition) is 3. The van der Waals surface area contributed by atoms with Gasteiger partial charge < -0.3 is 15.5 Å². The highest BCUT2D eigenvalue weighted by Crippen LogP contribution is 2.30. The molecule has 1 aromatic carbocycles. The lowest BCUT2D eigenvalue weighted by Gasteiger charge is -2.38. The minimum atomic E-state index is 0.209. The number of likely N-dealkylation sites (N-methyl/N-ethyl adjacent to an activating group) is 1. The third-order valence-corrected chi connectivity index (χ3v) is 4.67. The van der Waals surface area contributed by atoms with E-state index in [1.807, 2.05) is 6.92 Å². The van der Waals surface area contributed by atoms with Crippen molar-refractivity contribution in [2.24, 2.45) is 5.73 Å². The van der Waals surface area contributed by atoms with Gasteiger partial charge in [0.2, 0.25) is 0 Å². The molecule has 0 aliphatic carbocycles. The second-order valence-corrected chi connectivity index (χ2v) is 7.03. The standard InChI is InChI=1S/C16H26BrN3/c1-12(18)9-13-6-7-16(15(17)10-13)20-8-4-5-14(11-20)19(2)3/h6-7,10,12,14H,4-5,8-9,11,18H2,1-3H3. The normalized spacial score (nSPS) is 21.3. The van der Waals surface area contributed by atoms with Gasteiger partial charge in [-0.25, -0.2) is 0 Å². The summed E-state index contributed by atoms with van der Waals surface area (Å²) in [6.07, 6.45) is 3.49. The summed E-state index contributed by atoms with van der Waals surface area (Å²) in [4.78, 5) is 4.83. The maximum atomic E-state index is 5.88. The topological polar surface area (TPSA) is 32.5 Å². The quantitative estimate of drug-likeness (QED) is 0.915. The summed E-state index contributed by atoms with van der Waals surface area (Å²) in [6, 6.07) is 7.53. The van der Waals surface area contributed by atoms with E-state index in [1.165, 1.54) is 28.6 Å². The van der Waals surface area contributed by atoms with Gasteiger partial charge in [0.25, 0.3) is 0 Å². The fraction of sp³-hybridized carbons (Fsp3) is 0.625. The maximum Gasteiger partial charge on any atom is 0.0511 e. The third-order valence-electron chi connectivity index (χ3n) is 4.04. The number of halogens is 1. The molecule has 1 fully saturated rings. The highest BCUT2D eigenvalue weighted by Gasteiger charge is 2.22. The van der Waals surface area contributed by atoms with Crippen LogP contribution >= 0.6 is 15.9 Å².